The highest BCUT2D eigenvalue weighted by molar-refractivity contribution is 7.80. The summed E-state index contributed by atoms with van der Waals surface area (Å²) in [5.41, 5.74) is 2.62. The number of anilines is 1. The van der Waals surface area contributed by atoms with E-state index in [0.29, 0.717) is 39.1 Å². The SMILES string of the molecule is Cc1ccc(CNC(=S)NC2N=C(c3ccccc3Cl)c3cc(Cl)ccc3N(C)C2=O)o1. The number of benzene rings is 2. The summed E-state index contributed by atoms with van der Waals surface area (Å²) in [5, 5.41) is 7.38. The first kappa shape index (κ1) is 22.3. The van der Waals surface area contributed by atoms with Crippen molar-refractivity contribution in [1.29, 1.82) is 0 Å². The Hall–Kier alpha value is -2.87. The van der Waals surface area contributed by atoms with E-state index in [1.807, 2.05) is 37.3 Å². The van der Waals surface area contributed by atoms with E-state index in [1.165, 1.54) is 4.90 Å². The van der Waals surface area contributed by atoms with Gasteiger partial charge < -0.3 is 20.0 Å². The van der Waals surface area contributed by atoms with Crippen LogP contribution in [0.4, 0.5) is 5.69 Å². The number of rotatable bonds is 4. The predicted octanol–water partition coefficient (Wildman–Crippen LogP) is 4.70. The molecule has 9 heteroatoms. The molecular weight excluding hydrogens is 467 g/mol. The number of halogens is 2. The van der Waals surface area contributed by atoms with Crippen LogP contribution in [0.1, 0.15) is 22.6 Å². The molecule has 0 saturated carbocycles. The van der Waals surface area contributed by atoms with Crippen LogP contribution in [0, 0.1) is 6.92 Å². The van der Waals surface area contributed by atoms with Crippen molar-refractivity contribution in [3.8, 4) is 0 Å². The van der Waals surface area contributed by atoms with E-state index in [4.69, 9.17) is 44.8 Å². The van der Waals surface area contributed by atoms with E-state index in [-0.39, 0.29) is 11.0 Å². The first-order valence-corrected chi connectivity index (χ1v) is 11.0. The third-order valence-corrected chi connectivity index (χ3v) is 5.84. The topological polar surface area (TPSA) is 69.9 Å². The summed E-state index contributed by atoms with van der Waals surface area (Å²) in [6.07, 6.45) is -0.962. The fourth-order valence-electron chi connectivity index (χ4n) is 3.43. The maximum absolute atomic E-state index is 13.3. The maximum Gasteiger partial charge on any atom is 0.272 e. The van der Waals surface area contributed by atoms with Crippen molar-refractivity contribution in [2.45, 2.75) is 19.6 Å². The number of furan rings is 1. The van der Waals surface area contributed by atoms with Crippen molar-refractivity contribution in [2.75, 3.05) is 11.9 Å². The molecule has 3 aromatic rings. The fourth-order valence-corrected chi connectivity index (χ4v) is 4.01. The van der Waals surface area contributed by atoms with E-state index in [2.05, 4.69) is 10.6 Å². The zero-order valence-electron chi connectivity index (χ0n) is 17.4. The number of thiocarbonyl (C=S) groups is 1. The lowest BCUT2D eigenvalue weighted by atomic mass is 10.00. The second kappa shape index (κ2) is 9.32. The second-order valence-electron chi connectivity index (χ2n) is 7.26. The normalized spacial score (nSPS) is 15.6. The number of aryl methyl sites for hydroxylation is 1. The van der Waals surface area contributed by atoms with Crippen LogP contribution in [-0.4, -0.2) is 29.9 Å². The number of likely N-dealkylation sites (N-methyl/N-ethyl adjacent to an activating group) is 1. The monoisotopic (exact) mass is 486 g/mol. The van der Waals surface area contributed by atoms with Gasteiger partial charge in [0.2, 0.25) is 6.17 Å². The Kier molecular flexibility index (Phi) is 6.50. The smallest absolute Gasteiger partial charge is 0.272 e. The molecule has 1 unspecified atom stereocenters. The minimum atomic E-state index is -0.962. The lowest BCUT2D eigenvalue weighted by Gasteiger charge is -2.21. The first-order valence-electron chi connectivity index (χ1n) is 9.83. The Morgan fingerprint density at radius 2 is 1.94 bits per heavy atom. The zero-order chi connectivity index (χ0) is 22.8. The summed E-state index contributed by atoms with van der Waals surface area (Å²) in [4.78, 5) is 19.5. The molecule has 164 valence electrons. The average Bonchev–Trinajstić information content (AvgIpc) is 3.16. The summed E-state index contributed by atoms with van der Waals surface area (Å²) < 4.78 is 5.54. The second-order valence-corrected chi connectivity index (χ2v) is 8.51. The number of nitrogens with zero attached hydrogens (tertiary/aromatic N) is 2. The summed E-state index contributed by atoms with van der Waals surface area (Å²) in [6, 6.07) is 16.4. The molecule has 4 rings (SSSR count). The Morgan fingerprint density at radius 3 is 2.66 bits per heavy atom. The van der Waals surface area contributed by atoms with E-state index >= 15 is 0 Å². The van der Waals surface area contributed by atoms with E-state index < -0.39 is 6.17 Å². The molecule has 2 heterocycles. The number of hydrogen-bond acceptors (Lipinski definition) is 4. The number of fused-ring (bicyclic) bond motifs is 1. The van der Waals surface area contributed by atoms with Gasteiger partial charge >= 0.3 is 0 Å². The third-order valence-electron chi connectivity index (χ3n) is 5.01. The van der Waals surface area contributed by atoms with Gasteiger partial charge in [0.1, 0.15) is 11.5 Å². The molecule has 0 spiro atoms. The maximum atomic E-state index is 13.3. The molecule has 6 nitrogen and oxygen atoms in total. The summed E-state index contributed by atoms with van der Waals surface area (Å²) in [7, 11) is 1.69. The summed E-state index contributed by atoms with van der Waals surface area (Å²) in [5.74, 6) is 1.28. The van der Waals surface area contributed by atoms with Crippen molar-refractivity contribution in [3.63, 3.8) is 0 Å². The third kappa shape index (κ3) is 4.65. The molecule has 2 aromatic carbocycles. The average molecular weight is 487 g/mol. The molecule has 0 radical (unpaired) electrons. The number of benzodiazepines with no additional fused rings is 1. The van der Waals surface area contributed by atoms with Crippen LogP contribution in [0.15, 0.2) is 64.0 Å². The van der Waals surface area contributed by atoms with Crippen molar-refractivity contribution in [1.82, 2.24) is 10.6 Å². The van der Waals surface area contributed by atoms with Gasteiger partial charge in [-0.05, 0) is 55.5 Å². The van der Waals surface area contributed by atoms with Crippen molar-refractivity contribution in [3.05, 3.63) is 87.3 Å². The van der Waals surface area contributed by atoms with Gasteiger partial charge in [-0.15, -0.1) is 0 Å². The quantitative estimate of drug-likeness (QED) is 0.523. The van der Waals surface area contributed by atoms with Crippen LogP contribution in [0.2, 0.25) is 10.0 Å². The lowest BCUT2D eigenvalue weighted by Crippen LogP contribution is -2.49. The number of carbonyl (C=O) groups excluding carboxylic acids is 1. The molecule has 2 N–H and O–H groups in total. The van der Waals surface area contributed by atoms with Crippen LogP contribution < -0.4 is 15.5 Å². The molecule has 32 heavy (non-hydrogen) atoms. The van der Waals surface area contributed by atoms with Crippen LogP contribution in [-0.2, 0) is 11.3 Å². The van der Waals surface area contributed by atoms with Crippen molar-refractivity contribution < 1.29 is 9.21 Å². The molecule has 1 aliphatic heterocycles. The number of hydrogen-bond donors (Lipinski definition) is 2. The first-order chi connectivity index (χ1) is 15.3. The molecule has 0 bridgehead atoms. The Labute approximate surface area is 201 Å². The van der Waals surface area contributed by atoms with Gasteiger partial charge in [-0.2, -0.15) is 0 Å². The number of amides is 1. The Balaban J connectivity index is 1.68. The number of aliphatic imine (C=N–C) groups is 1. The van der Waals surface area contributed by atoms with Gasteiger partial charge in [0.25, 0.3) is 5.91 Å². The highest BCUT2D eigenvalue weighted by Gasteiger charge is 2.31. The molecule has 1 aromatic heterocycles. The molecule has 0 saturated heterocycles. The molecule has 1 amide bonds. The largest absolute Gasteiger partial charge is 0.465 e. The number of nitrogens with one attached hydrogen (secondary N) is 2. The Morgan fingerprint density at radius 1 is 1.16 bits per heavy atom. The van der Waals surface area contributed by atoms with E-state index in [9.17, 15) is 4.79 Å². The van der Waals surface area contributed by atoms with E-state index in [1.54, 1.807) is 31.3 Å². The van der Waals surface area contributed by atoms with Crippen molar-refractivity contribution in [2.24, 2.45) is 4.99 Å². The highest BCUT2D eigenvalue weighted by atomic mass is 35.5. The summed E-state index contributed by atoms with van der Waals surface area (Å²) in [6.45, 7) is 2.25. The van der Waals surface area contributed by atoms with Gasteiger partial charge in [-0.3, -0.25) is 4.79 Å². The van der Waals surface area contributed by atoms with Crippen LogP contribution in [0.5, 0.6) is 0 Å². The minimum Gasteiger partial charge on any atom is -0.465 e. The lowest BCUT2D eigenvalue weighted by molar-refractivity contribution is -0.119. The van der Waals surface area contributed by atoms with Gasteiger partial charge in [-0.1, -0.05) is 41.4 Å². The van der Waals surface area contributed by atoms with Gasteiger partial charge in [0, 0.05) is 28.2 Å². The van der Waals surface area contributed by atoms with Crippen LogP contribution >= 0.6 is 35.4 Å². The number of carbonyl (C=O) groups is 1. The van der Waals surface area contributed by atoms with E-state index in [0.717, 1.165) is 11.5 Å². The van der Waals surface area contributed by atoms with Crippen LogP contribution in [0.3, 0.4) is 0 Å². The fraction of sp³-hybridized carbons (Fsp3) is 0.174. The standard InChI is InChI=1S/C23H20Cl2N4O2S/c1-13-7-9-15(31-13)12-26-23(32)28-21-22(30)29(2)19-10-8-14(24)11-17(19)20(27-21)16-5-3-4-6-18(16)25/h3-11,21H,12H2,1-2H3,(H2,26,28,32). The molecule has 0 aliphatic carbocycles. The van der Waals surface area contributed by atoms with Gasteiger partial charge in [-0.25, -0.2) is 4.99 Å². The molecule has 0 fully saturated rings. The molecule has 1 aliphatic rings. The molecule has 1 atom stereocenters. The molecular formula is C23H20Cl2N4O2S. The zero-order valence-corrected chi connectivity index (χ0v) is 19.7. The minimum absolute atomic E-state index is 0.270. The van der Waals surface area contributed by atoms with Gasteiger partial charge in [0.05, 0.1) is 17.9 Å². The highest BCUT2D eigenvalue weighted by Crippen LogP contribution is 2.31. The Bertz CT molecular complexity index is 1220. The predicted molar refractivity (Wildman–Crippen MR) is 132 cm³/mol. The van der Waals surface area contributed by atoms with Crippen LogP contribution in [0.25, 0.3) is 0 Å². The van der Waals surface area contributed by atoms with Gasteiger partial charge in [0.15, 0.2) is 5.11 Å². The van der Waals surface area contributed by atoms with Crippen molar-refractivity contribution >= 4 is 57.8 Å². The summed E-state index contributed by atoms with van der Waals surface area (Å²) >= 11 is 18.2.